The van der Waals surface area contributed by atoms with Crippen molar-refractivity contribution in [3.8, 4) is 0 Å². The minimum atomic E-state index is 0.470. The Kier molecular flexibility index (Phi) is 3.29. The van der Waals surface area contributed by atoms with E-state index in [0.717, 1.165) is 5.76 Å². The summed E-state index contributed by atoms with van der Waals surface area (Å²) in [5, 5.41) is 2.71. The molecule has 0 spiro atoms. The summed E-state index contributed by atoms with van der Waals surface area (Å²) >= 11 is 0. The monoisotopic (exact) mass is 315 g/mol. The summed E-state index contributed by atoms with van der Waals surface area (Å²) in [4.78, 5) is 4.32. The summed E-state index contributed by atoms with van der Waals surface area (Å²) in [6.07, 6.45) is 12.3. The van der Waals surface area contributed by atoms with E-state index >= 15 is 0 Å². The first-order valence-electron chi connectivity index (χ1n) is 8.96. The minimum absolute atomic E-state index is 0.470. The van der Waals surface area contributed by atoms with Gasteiger partial charge in [-0.2, -0.15) is 0 Å². The fraction of sp³-hybridized carbons (Fsp3) is 0.318. The van der Waals surface area contributed by atoms with Crippen molar-refractivity contribution in [2.75, 3.05) is 6.61 Å². The molecule has 0 N–H and O–H groups in total. The van der Waals surface area contributed by atoms with Crippen molar-refractivity contribution in [1.82, 2.24) is 0 Å². The lowest BCUT2D eigenvalue weighted by molar-refractivity contribution is 0.156. The Balaban J connectivity index is 1.59. The van der Waals surface area contributed by atoms with Gasteiger partial charge in [0.1, 0.15) is 12.4 Å². The molecule has 120 valence electrons. The fourth-order valence-electron chi connectivity index (χ4n) is 4.76. The Morgan fingerprint density at radius 1 is 1.00 bits per heavy atom. The molecular formula is C22H21NO. The lowest BCUT2D eigenvalue weighted by atomic mass is 9.65. The van der Waals surface area contributed by atoms with Crippen LogP contribution in [0, 0.1) is 11.8 Å². The molecule has 2 aromatic rings. The van der Waals surface area contributed by atoms with Crippen LogP contribution in [0.15, 0.2) is 59.4 Å². The number of benzene rings is 2. The maximum atomic E-state index is 5.90. The van der Waals surface area contributed by atoms with Crippen molar-refractivity contribution >= 4 is 23.1 Å². The van der Waals surface area contributed by atoms with E-state index in [2.05, 4.69) is 53.5 Å². The van der Waals surface area contributed by atoms with Crippen LogP contribution in [0.3, 0.4) is 0 Å². The Bertz CT molecular complexity index is 877. The van der Waals surface area contributed by atoms with Crippen molar-refractivity contribution in [3.05, 3.63) is 65.6 Å². The standard InChI is InChI=1S/C22H21NO/c1-2-5-16-15(4-1)8-9-19-17-6-3-7-21(20(17)11-10-18(16)19)22-14-23-12-13-24-22/h1-2,4-5,8-12,14,17,20-21H,3,6-7,13H2. The van der Waals surface area contributed by atoms with Crippen molar-refractivity contribution in [2.24, 2.45) is 16.8 Å². The minimum Gasteiger partial charge on any atom is -0.490 e. The van der Waals surface area contributed by atoms with Gasteiger partial charge in [0.15, 0.2) is 0 Å². The highest BCUT2D eigenvalue weighted by Gasteiger charge is 2.38. The number of fused-ring (bicyclic) bond motifs is 5. The van der Waals surface area contributed by atoms with Gasteiger partial charge >= 0.3 is 0 Å². The molecular weight excluding hydrogens is 294 g/mol. The smallest absolute Gasteiger partial charge is 0.123 e. The Morgan fingerprint density at radius 3 is 2.83 bits per heavy atom. The highest BCUT2D eigenvalue weighted by Crippen LogP contribution is 2.49. The third kappa shape index (κ3) is 2.13. The van der Waals surface area contributed by atoms with E-state index in [1.54, 1.807) is 0 Å². The van der Waals surface area contributed by atoms with Gasteiger partial charge < -0.3 is 4.74 Å². The summed E-state index contributed by atoms with van der Waals surface area (Å²) in [6, 6.07) is 13.4. The number of hydrogen-bond acceptors (Lipinski definition) is 2. The van der Waals surface area contributed by atoms with E-state index in [4.69, 9.17) is 4.74 Å². The zero-order valence-corrected chi connectivity index (χ0v) is 13.7. The van der Waals surface area contributed by atoms with Crippen molar-refractivity contribution in [1.29, 1.82) is 0 Å². The van der Waals surface area contributed by atoms with Crippen molar-refractivity contribution in [3.63, 3.8) is 0 Å². The van der Waals surface area contributed by atoms with Crippen molar-refractivity contribution < 1.29 is 4.74 Å². The SMILES string of the molecule is C1=CC2C(C3=CN=CCO3)CCCC2c2ccc3ccccc3c21. The first-order valence-corrected chi connectivity index (χ1v) is 8.96. The number of allylic oxidation sites excluding steroid dienone is 2. The molecule has 0 amide bonds. The van der Waals surface area contributed by atoms with Crippen LogP contribution in [0.25, 0.3) is 16.8 Å². The summed E-state index contributed by atoms with van der Waals surface area (Å²) in [5.41, 5.74) is 2.94. The Morgan fingerprint density at radius 2 is 1.92 bits per heavy atom. The quantitative estimate of drug-likeness (QED) is 0.699. The fourth-order valence-corrected chi connectivity index (χ4v) is 4.76. The maximum absolute atomic E-state index is 5.90. The van der Waals surface area contributed by atoms with Crippen LogP contribution in [-0.4, -0.2) is 12.8 Å². The zero-order chi connectivity index (χ0) is 15.9. The van der Waals surface area contributed by atoms with Gasteiger partial charge in [-0.3, -0.25) is 4.99 Å². The first kappa shape index (κ1) is 14.0. The first-order chi connectivity index (χ1) is 11.9. The lowest BCUT2D eigenvalue weighted by Crippen LogP contribution is -2.30. The summed E-state index contributed by atoms with van der Waals surface area (Å²) in [7, 11) is 0. The predicted octanol–water partition coefficient (Wildman–Crippen LogP) is 5.31. The average molecular weight is 315 g/mol. The molecule has 1 saturated carbocycles. The van der Waals surface area contributed by atoms with Gasteiger partial charge in [-0.05, 0) is 46.6 Å². The van der Waals surface area contributed by atoms with E-state index in [1.165, 1.54) is 41.2 Å². The van der Waals surface area contributed by atoms with Gasteiger partial charge in [0, 0.05) is 12.1 Å². The van der Waals surface area contributed by atoms with Crippen molar-refractivity contribution in [2.45, 2.75) is 25.2 Å². The number of rotatable bonds is 1. The molecule has 1 aliphatic heterocycles. The van der Waals surface area contributed by atoms with Crippen LogP contribution in [-0.2, 0) is 4.74 Å². The van der Waals surface area contributed by atoms with Gasteiger partial charge in [-0.1, -0.05) is 55.0 Å². The van der Waals surface area contributed by atoms with Gasteiger partial charge in [0.05, 0.1) is 6.20 Å². The Hall–Kier alpha value is -2.35. The van der Waals surface area contributed by atoms with Gasteiger partial charge in [-0.25, -0.2) is 0 Å². The molecule has 0 radical (unpaired) electrons. The van der Waals surface area contributed by atoms with E-state index in [-0.39, 0.29) is 0 Å². The van der Waals surface area contributed by atoms with E-state index in [9.17, 15) is 0 Å². The molecule has 2 heteroatoms. The van der Waals surface area contributed by atoms with Crippen LogP contribution < -0.4 is 0 Å². The van der Waals surface area contributed by atoms with E-state index in [1.807, 2.05) is 12.4 Å². The molecule has 3 unspecified atom stereocenters. The molecule has 3 aliphatic rings. The largest absolute Gasteiger partial charge is 0.490 e. The third-order valence-corrected chi connectivity index (χ3v) is 5.85. The number of ether oxygens (including phenoxy) is 1. The highest BCUT2D eigenvalue weighted by atomic mass is 16.5. The second-order valence-electron chi connectivity index (χ2n) is 7.04. The lowest BCUT2D eigenvalue weighted by Gasteiger charge is -2.40. The molecule has 1 heterocycles. The number of hydrogen-bond donors (Lipinski definition) is 0. The molecule has 2 nitrogen and oxygen atoms in total. The molecule has 0 aromatic heterocycles. The van der Waals surface area contributed by atoms with Gasteiger partial charge in [-0.15, -0.1) is 0 Å². The van der Waals surface area contributed by atoms with Crippen LogP contribution in [0.2, 0.25) is 0 Å². The molecule has 0 saturated heterocycles. The number of aliphatic imine (C=N–C) groups is 1. The zero-order valence-electron chi connectivity index (χ0n) is 13.7. The second kappa shape index (κ2) is 5.62. The number of nitrogens with zero attached hydrogens (tertiary/aromatic N) is 1. The normalized spacial score (nSPS) is 28.0. The summed E-state index contributed by atoms with van der Waals surface area (Å²) in [5.74, 6) is 2.69. The average Bonchev–Trinajstić information content (AvgIpc) is 2.67. The second-order valence-corrected chi connectivity index (χ2v) is 7.04. The van der Waals surface area contributed by atoms with E-state index in [0.29, 0.717) is 24.4 Å². The van der Waals surface area contributed by atoms with Crippen LogP contribution >= 0.6 is 0 Å². The molecule has 1 fully saturated rings. The van der Waals surface area contributed by atoms with Crippen LogP contribution in [0.5, 0.6) is 0 Å². The third-order valence-electron chi connectivity index (χ3n) is 5.85. The van der Waals surface area contributed by atoms with Crippen LogP contribution in [0.4, 0.5) is 0 Å². The van der Waals surface area contributed by atoms with Gasteiger partial charge in [0.25, 0.3) is 0 Å². The Labute approximate surface area is 142 Å². The molecule has 2 aliphatic carbocycles. The van der Waals surface area contributed by atoms with Gasteiger partial charge in [0.2, 0.25) is 0 Å². The molecule has 24 heavy (non-hydrogen) atoms. The summed E-state index contributed by atoms with van der Waals surface area (Å²) in [6.45, 7) is 0.616. The molecule has 0 bridgehead atoms. The van der Waals surface area contributed by atoms with E-state index < -0.39 is 0 Å². The van der Waals surface area contributed by atoms with Crippen LogP contribution in [0.1, 0.15) is 36.3 Å². The molecule has 3 atom stereocenters. The maximum Gasteiger partial charge on any atom is 0.123 e. The summed E-state index contributed by atoms with van der Waals surface area (Å²) < 4.78 is 5.90. The molecule has 2 aromatic carbocycles. The topological polar surface area (TPSA) is 21.6 Å². The predicted molar refractivity (Wildman–Crippen MR) is 99.1 cm³/mol. The molecule has 5 rings (SSSR count). The highest BCUT2D eigenvalue weighted by molar-refractivity contribution is 5.92.